The standard InChI is InChI=1S/C6H11B2N3/c1-4-2-10-5(11-3-4)6(7,8)9/h2-3H,7-9H2,1H3. The molecule has 0 aliphatic rings. The zero-order valence-corrected chi connectivity index (χ0v) is 7.13. The van der Waals surface area contributed by atoms with Crippen LogP contribution in [0.25, 0.3) is 0 Å². The van der Waals surface area contributed by atoms with Gasteiger partial charge in [0.05, 0.1) is 0 Å². The van der Waals surface area contributed by atoms with Gasteiger partial charge in [0.1, 0.15) is 21.5 Å². The van der Waals surface area contributed by atoms with Crippen LogP contribution in [-0.4, -0.2) is 25.7 Å². The molecular weight excluding hydrogens is 136 g/mol. The Kier molecular flexibility index (Phi) is 2.00. The Bertz CT molecular complexity index is 239. The molecule has 0 amide bonds. The first-order chi connectivity index (χ1) is 5.00. The van der Waals surface area contributed by atoms with Crippen LogP contribution in [0.2, 0.25) is 0 Å². The first-order valence-corrected chi connectivity index (χ1v) is 3.58. The van der Waals surface area contributed by atoms with Gasteiger partial charge in [0, 0.05) is 17.7 Å². The fraction of sp³-hybridized carbons (Fsp3) is 0.333. The van der Waals surface area contributed by atoms with Crippen LogP contribution >= 0.6 is 0 Å². The molecule has 0 saturated heterocycles. The third-order valence-electron chi connectivity index (χ3n) is 1.36. The summed E-state index contributed by atoms with van der Waals surface area (Å²) in [7, 11) is 3.77. The number of nitrogens with zero attached hydrogens (tertiary/aromatic N) is 2. The van der Waals surface area contributed by atoms with E-state index in [0.29, 0.717) is 5.82 Å². The lowest BCUT2D eigenvalue weighted by Gasteiger charge is -2.15. The highest BCUT2D eigenvalue weighted by Gasteiger charge is 2.16. The Balaban J connectivity index is 2.99. The Morgan fingerprint density at radius 1 is 1.36 bits per heavy atom. The minimum atomic E-state index is -0.437. The molecule has 11 heavy (non-hydrogen) atoms. The number of aryl methyl sites for hydroxylation is 1. The minimum Gasteiger partial charge on any atom is -0.333 e. The lowest BCUT2D eigenvalue weighted by Crippen LogP contribution is -2.39. The molecule has 0 spiro atoms. The van der Waals surface area contributed by atoms with E-state index in [0.717, 1.165) is 5.56 Å². The van der Waals surface area contributed by atoms with Gasteiger partial charge in [-0.3, -0.25) is 0 Å². The number of rotatable bonds is 1. The van der Waals surface area contributed by atoms with E-state index in [1.165, 1.54) is 0 Å². The Labute approximate surface area is 68.2 Å². The molecule has 1 aromatic rings. The van der Waals surface area contributed by atoms with Crippen molar-refractivity contribution in [2.24, 2.45) is 5.73 Å². The summed E-state index contributed by atoms with van der Waals surface area (Å²) < 4.78 is 0. The lowest BCUT2D eigenvalue weighted by atomic mass is 9.62. The quantitative estimate of drug-likeness (QED) is 0.472. The second-order valence-electron chi connectivity index (χ2n) is 3.31. The normalized spacial score (nSPS) is 11.5. The molecule has 3 nitrogen and oxygen atoms in total. The fourth-order valence-corrected chi connectivity index (χ4v) is 0.725. The van der Waals surface area contributed by atoms with E-state index in [2.05, 4.69) is 9.97 Å². The molecule has 1 aromatic heterocycles. The van der Waals surface area contributed by atoms with Crippen LogP contribution in [0.5, 0.6) is 0 Å². The summed E-state index contributed by atoms with van der Waals surface area (Å²) in [6, 6.07) is 0. The van der Waals surface area contributed by atoms with E-state index in [-0.39, 0.29) is 0 Å². The van der Waals surface area contributed by atoms with E-state index in [1.54, 1.807) is 12.4 Å². The maximum Gasteiger partial charge on any atom is 0.131 e. The van der Waals surface area contributed by atoms with E-state index < -0.39 is 5.34 Å². The van der Waals surface area contributed by atoms with Gasteiger partial charge in [0.25, 0.3) is 0 Å². The van der Waals surface area contributed by atoms with Gasteiger partial charge in [-0.1, -0.05) is 0 Å². The number of aromatic nitrogens is 2. The summed E-state index contributed by atoms with van der Waals surface area (Å²) in [5.41, 5.74) is 6.84. The van der Waals surface area contributed by atoms with Crippen LogP contribution in [0, 0.1) is 6.92 Å². The molecule has 0 aromatic carbocycles. The van der Waals surface area contributed by atoms with Crippen molar-refractivity contribution in [2.45, 2.75) is 12.3 Å². The van der Waals surface area contributed by atoms with Gasteiger partial charge in [0.15, 0.2) is 0 Å². The van der Waals surface area contributed by atoms with Crippen LogP contribution in [0.4, 0.5) is 0 Å². The smallest absolute Gasteiger partial charge is 0.131 e. The maximum absolute atomic E-state index is 5.78. The van der Waals surface area contributed by atoms with Gasteiger partial charge in [0.2, 0.25) is 0 Å². The number of nitrogens with two attached hydrogens (primary N) is 1. The van der Waals surface area contributed by atoms with Crippen molar-refractivity contribution in [1.82, 2.24) is 9.97 Å². The van der Waals surface area contributed by atoms with Crippen molar-refractivity contribution < 1.29 is 0 Å². The maximum atomic E-state index is 5.78. The second kappa shape index (κ2) is 2.66. The third kappa shape index (κ3) is 2.05. The number of hydrogen-bond donors (Lipinski definition) is 1. The fourth-order valence-electron chi connectivity index (χ4n) is 0.725. The largest absolute Gasteiger partial charge is 0.333 e. The van der Waals surface area contributed by atoms with Crippen molar-refractivity contribution in [3.63, 3.8) is 0 Å². The van der Waals surface area contributed by atoms with Crippen molar-refractivity contribution in [3.05, 3.63) is 23.8 Å². The summed E-state index contributed by atoms with van der Waals surface area (Å²) >= 11 is 0. The van der Waals surface area contributed by atoms with Crippen molar-refractivity contribution in [2.75, 3.05) is 0 Å². The SMILES string of the molecule is BC(B)(N)c1ncc(C)cn1. The lowest BCUT2D eigenvalue weighted by molar-refractivity contribution is 0.800. The molecule has 1 heterocycles. The molecule has 0 unspecified atom stereocenters. The highest BCUT2D eigenvalue weighted by Crippen LogP contribution is 2.03. The van der Waals surface area contributed by atoms with Gasteiger partial charge >= 0.3 is 0 Å². The van der Waals surface area contributed by atoms with Gasteiger partial charge in [-0.05, 0) is 12.5 Å². The first kappa shape index (κ1) is 8.27. The molecule has 56 valence electrons. The average Bonchev–Trinajstić information content (AvgIpc) is 1.86. The molecule has 0 bridgehead atoms. The molecule has 2 N–H and O–H groups in total. The summed E-state index contributed by atoms with van der Waals surface area (Å²) in [4.78, 5) is 8.23. The summed E-state index contributed by atoms with van der Waals surface area (Å²) in [5.74, 6) is 0.683. The van der Waals surface area contributed by atoms with Crippen LogP contribution < -0.4 is 5.73 Å². The van der Waals surface area contributed by atoms with Crippen LogP contribution in [0.1, 0.15) is 11.4 Å². The van der Waals surface area contributed by atoms with Crippen LogP contribution in [-0.2, 0) is 5.34 Å². The molecule has 0 radical (unpaired) electrons. The molecule has 0 aliphatic heterocycles. The van der Waals surface area contributed by atoms with Gasteiger partial charge in [-0.2, -0.15) is 0 Å². The van der Waals surface area contributed by atoms with E-state index in [1.807, 2.05) is 22.6 Å². The Morgan fingerprint density at radius 3 is 2.18 bits per heavy atom. The summed E-state index contributed by atoms with van der Waals surface area (Å²) in [6.07, 6.45) is 3.55. The van der Waals surface area contributed by atoms with Gasteiger partial charge in [-0.15, -0.1) is 0 Å². The topological polar surface area (TPSA) is 51.8 Å². The first-order valence-electron chi connectivity index (χ1n) is 3.58. The predicted octanol–water partition coefficient (Wildman–Crippen LogP) is -1.88. The van der Waals surface area contributed by atoms with E-state index in [9.17, 15) is 0 Å². The van der Waals surface area contributed by atoms with Gasteiger partial charge < -0.3 is 5.73 Å². The second-order valence-corrected chi connectivity index (χ2v) is 3.31. The average molecular weight is 147 g/mol. The van der Waals surface area contributed by atoms with Crippen molar-refractivity contribution >= 4 is 15.7 Å². The highest BCUT2D eigenvalue weighted by molar-refractivity contribution is 6.39. The summed E-state index contributed by atoms with van der Waals surface area (Å²) in [6.45, 7) is 1.95. The molecule has 0 aliphatic carbocycles. The highest BCUT2D eigenvalue weighted by atomic mass is 14.9. The molecule has 1 rings (SSSR count). The molecule has 0 saturated carbocycles. The predicted molar refractivity (Wildman–Crippen MR) is 49.7 cm³/mol. The molecule has 0 fully saturated rings. The zero-order valence-electron chi connectivity index (χ0n) is 7.13. The molecule has 0 atom stereocenters. The molecular formula is C6H11B2N3. The summed E-state index contributed by atoms with van der Waals surface area (Å²) in [5, 5.41) is -0.437. The number of hydrogen-bond acceptors (Lipinski definition) is 3. The molecule has 5 heteroatoms. The Morgan fingerprint density at radius 2 is 1.82 bits per heavy atom. The Hall–Kier alpha value is -0.830. The van der Waals surface area contributed by atoms with Crippen LogP contribution in [0.15, 0.2) is 12.4 Å². The monoisotopic (exact) mass is 147 g/mol. The zero-order chi connectivity index (χ0) is 8.48. The minimum absolute atomic E-state index is 0.437. The van der Waals surface area contributed by atoms with Crippen molar-refractivity contribution in [3.8, 4) is 0 Å². The van der Waals surface area contributed by atoms with E-state index >= 15 is 0 Å². The van der Waals surface area contributed by atoms with Crippen molar-refractivity contribution in [1.29, 1.82) is 0 Å². The van der Waals surface area contributed by atoms with Crippen LogP contribution in [0.3, 0.4) is 0 Å². The van der Waals surface area contributed by atoms with Gasteiger partial charge in [-0.25, -0.2) is 9.97 Å². The third-order valence-corrected chi connectivity index (χ3v) is 1.36. The van der Waals surface area contributed by atoms with E-state index in [4.69, 9.17) is 5.73 Å².